The molecule has 1 unspecified atom stereocenters. The van der Waals surface area contributed by atoms with Crippen LogP contribution in [0.5, 0.6) is 0 Å². The second-order valence-corrected chi connectivity index (χ2v) is 4.93. The third-order valence-corrected chi connectivity index (χ3v) is 3.41. The number of carbonyl (C=O) groups is 1. The molecule has 17 heavy (non-hydrogen) atoms. The van der Waals surface area contributed by atoms with Crippen LogP contribution in [0.15, 0.2) is 0 Å². The van der Waals surface area contributed by atoms with E-state index in [2.05, 4.69) is 19.2 Å². The van der Waals surface area contributed by atoms with Crippen molar-refractivity contribution in [2.24, 2.45) is 5.92 Å². The molecule has 1 atom stereocenters. The van der Waals surface area contributed by atoms with Crippen molar-refractivity contribution in [1.29, 1.82) is 0 Å². The Balaban J connectivity index is 2.26. The van der Waals surface area contributed by atoms with Crippen LogP contribution < -0.4 is 5.32 Å². The van der Waals surface area contributed by atoms with Crippen molar-refractivity contribution < 1.29 is 9.63 Å². The first-order valence-corrected chi connectivity index (χ1v) is 6.85. The number of hydroxylamine groups is 2. The SMILES string of the molecule is CCCCON(C=O)C(C)CC1CCNCC1. The number of carbonyl (C=O) groups excluding carboxylic acids is 1. The summed E-state index contributed by atoms with van der Waals surface area (Å²) in [4.78, 5) is 16.5. The molecule has 1 N–H and O–H groups in total. The molecule has 100 valence electrons. The van der Waals surface area contributed by atoms with Crippen LogP contribution in [-0.2, 0) is 9.63 Å². The average Bonchev–Trinajstić information content (AvgIpc) is 2.36. The number of piperidine rings is 1. The van der Waals surface area contributed by atoms with Gasteiger partial charge in [-0.3, -0.25) is 9.63 Å². The number of nitrogens with zero attached hydrogens (tertiary/aromatic N) is 1. The Morgan fingerprint density at radius 2 is 2.18 bits per heavy atom. The first-order valence-electron chi connectivity index (χ1n) is 6.85. The summed E-state index contributed by atoms with van der Waals surface area (Å²) in [7, 11) is 0. The van der Waals surface area contributed by atoms with Gasteiger partial charge in [0.05, 0.1) is 12.6 Å². The fourth-order valence-electron chi connectivity index (χ4n) is 2.28. The van der Waals surface area contributed by atoms with Crippen LogP contribution in [0, 0.1) is 5.92 Å². The Morgan fingerprint density at radius 1 is 1.47 bits per heavy atom. The molecule has 0 aliphatic carbocycles. The largest absolute Gasteiger partial charge is 0.317 e. The normalized spacial score (nSPS) is 18.9. The summed E-state index contributed by atoms with van der Waals surface area (Å²) >= 11 is 0. The Bertz CT molecular complexity index is 206. The van der Waals surface area contributed by atoms with E-state index in [1.165, 1.54) is 17.9 Å². The fourth-order valence-corrected chi connectivity index (χ4v) is 2.28. The first kappa shape index (κ1) is 14.5. The van der Waals surface area contributed by atoms with Gasteiger partial charge in [0, 0.05) is 0 Å². The molecule has 0 aromatic heterocycles. The lowest BCUT2D eigenvalue weighted by Crippen LogP contribution is -2.36. The van der Waals surface area contributed by atoms with E-state index in [1.807, 2.05) is 0 Å². The third kappa shape index (κ3) is 5.50. The van der Waals surface area contributed by atoms with Crippen molar-refractivity contribution in [3.63, 3.8) is 0 Å². The van der Waals surface area contributed by atoms with Crippen LogP contribution in [0.4, 0.5) is 0 Å². The molecule has 1 aliphatic heterocycles. The predicted octanol–water partition coefficient (Wildman–Crippen LogP) is 1.95. The molecular formula is C13H26N2O2. The van der Waals surface area contributed by atoms with E-state index in [-0.39, 0.29) is 6.04 Å². The number of rotatable bonds is 8. The molecule has 0 bridgehead atoms. The molecule has 0 aromatic rings. The van der Waals surface area contributed by atoms with Crippen LogP contribution >= 0.6 is 0 Å². The fraction of sp³-hybridized carbons (Fsp3) is 0.923. The smallest absolute Gasteiger partial charge is 0.233 e. The summed E-state index contributed by atoms with van der Waals surface area (Å²) in [6.07, 6.45) is 6.39. The second-order valence-electron chi connectivity index (χ2n) is 4.93. The van der Waals surface area contributed by atoms with Crippen LogP contribution in [-0.4, -0.2) is 37.2 Å². The average molecular weight is 242 g/mol. The van der Waals surface area contributed by atoms with Gasteiger partial charge in [-0.05, 0) is 51.6 Å². The van der Waals surface area contributed by atoms with Gasteiger partial charge in [-0.25, -0.2) is 5.06 Å². The van der Waals surface area contributed by atoms with Crippen LogP contribution in [0.3, 0.4) is 0 Å². The summed E-state index contributed by atoms with van der Waals surface area (Å²) in [5.41, 5.74) is 0. The molecule has 1 saturated heterocycles. The van der Waals surface area contributed by atoms with Crippen LogP contribution in [0.25, 0.3) is 0 Å². The molecule has 0 radical (unpaired) electrons. The zero-order valence-corrected chi connectivity index (χ0v) is 11.2. The molecule has 1 aliphatic rings. The van der Waals surface area contributed by atoms with Gasteiger partial charge in [0.25, 0.3) is 0 Å². The summed E-state index contributed by atoms with van der Waals surface area (Å²) in [5.74, 6) is 0.725. The van der Waals surface area contributed by atoms with Gasteiger partial charge < -0.3 is 5.32 Å². The lowest BCUT2D eigenvalue weighted by atomic mass is 9.91. The van der Waals surface area contributed by atoms with Gasteiger partial charge in [0.1, 0.15) is 0 Å². The summed E-state index contributed by atoms with van der Waals surface area (Å²) in [6, 6.07) is 0.187. The van der Waals surface area contributed by atoms with Gasteiger partial charge >= 0.3 is 0 Å². The molecule has 0 spiro atoms. The predicted molar refractivity (Wildman–Crippen MR) is 68.4 cm³/mol. The second kappa shape index (κ2) is 8.48. The Kier molecular flexibility index (Phi) is 7.21. The highest BCUT2D eigenvalue weighted by molar-refractivity contribution is 5.45. The first-order chi connectivity index (χ1) is 8.27. The number of amides is 1. The topological polar surface area (TPSA) is 41.6 Å². The lowest BCUT2D eigenvalue weighted by molar-refractivity contribution is -0.187. The van der Waals surface area contributed by atoms with E-state index >= 15 is 0 Å². The van der Waals surface area contributed by atoms with E-state index in [0.717, 1.165) is 44.7 Å². The van der Waals surface area contributed by atoms with Crippen molar-refractivity contribution in [2.75, 3.05) is 19.7 Å². The Labute approximate surface area is 105 Å². The lowest BCUT2D eigenvalue weighted by Gasteiger charge is -2.29. The zero-order valence-electron chi connectivity index (χ0n) is 11.2. The van der Waals surface area contributed by atoms with Gasteiger partial charge in [0.2, 0.25) is 6.41 Å². The Morgan fingerprint density at radius 3 is 2.76 bits per heavy atom. The minimum Gasteiger partial charge on any atom is -0.317 e. The summed E-state index contributed by atoms with van der Waals surface area (Å²) in [6.45, 7) is 7.05. The van der Waals surface area contributed by atoms with E-state index < -0.39 is 0 Å². The van der Waals surface area contributed by atoms with E-state index in [1.54, 1.807) is 0 Å². The standard InChI is InChI=1S/C13H26N2O2/c1-3-4-9-17-15(11-16)12(2)10-13-5-7-14-8-6-13/h11-14H,3-10H2,1-2H3. The molecule has 4 nitrogen and oxygen atoms in total. The van der Waals surface area contributed by atoms with E-state index in [0.29, 0.717) is 6.61 Å². The van der Waals surface area contributed by atoms with Gasteiger partial charge in [0.15, 0.2) is 0 Å². The van der Waals surface area contributed by atoms with Crippen molar-refractivity contribution >= 4 is 6.41 Å². The number of hydrogen-bond acceptors (Lipinski definition) is 3. The minimum atomic E-state index is 0.187. The van der Waals surface area contributed by atoms with Gasteiger partial charge in [-0.1, -0.05) is 13.3 Å². The highest BCUT2D eigenvalue weighted by Gasteiger charge is 2.20. The molecular weight excluding hydrogens is 216 g/mol. The number of unbranched alkanes of at least 4 members (excludes halogenated alkanes) is 1. The maximum absolute atomic E-state index is 11.0. The minimum absolute atomic E-state index is 0.187. The molecule has 4 heteroatoms. The van der Waals surface area contributed by atoms with Crippen LogP contribution in [0.1, 0.15) is 46.0 Å². The molecule has 1 heterocycles. The van der Waals surface area contributed by atoms with Gasteiger partial charge in [-0.2, -0.15) is 0 Å². The zero-order chi connectivity index (χ0) is 12.5. The van der Waals surface area contributed by atoms with Crippen molar-refractivity contribution in [3.05, 3.63) is 0 Å². The molecule has 1 amide bonds. The summed E-state index contributed by atoms with van der Waals surface area (Å²) in [5, 5.41) is 4.86. The number of hydrogen-bond donors (Lipinski definition) is 1. The third-order valence-electron chi connectivity index (χ3n) is 3.41. The van der Waals surface area contributed by atoms with E-state index in [4.69, 9.17) is 4.84 Å². The van der Waals surface area contributed by atoms with E-state index in [9.17, 15) is 4.79 Å². The molecule has 1 fully saturated rings. The van der Waals surface area contributed by atoms with Crippen molar-refractivity contribution in [3.8, 4) is 0 Å². The quantitative estimate of drug-likeness (QED) is 0.402. The highest BCUT2D eigenvalue weighted by Crippen LogP contribution is 2.20. The molecule has 0 aromatic carbocycles. The maximum Gasteiger partial charge on any atom is 0.233 e. The Hall–Kier alpha value is -0.610. The van der Waals surface area contributed by atoms with Gasteiger partial charge in [-0.15, -0.1) is 0 Å². The highest BCUT2D eigenvalue weighted by atomic mass is 16.7. The summed E-state index contributed by atoms with van der Waals surface area (Å²) < 4.78 is 0. The maximum atomic E-state index is 11.0. The number of nitrogens with one attached hydrogen (secondary N) is 1. The monoisotopic (exact) mass is 242 g/mol. The van der Waals surface area contributed by atoms with Crippen LogP contribution in [0.2, 0.25) is 0 Å². The molecule has 0 saturated carbocycles. The van der Waals surface area contributed by atoms with Crippen molar-refractivity contribution in [2.45, 2.75) is 52.0 Å². The van der Waals surface area contributed by atoms with Crippen molar-refractivity contribution in [1.82, 2.24) is 10.4 Å². The molecule has 1 rings (SSSR count).